The maximum Gasteiger partial charge on any atom is 0.245 e. The number of Topliss-reactive ketones (excluding diaryl/α,β-unsaturated/α-hetero) is 1. The van der Waals surface area contributed by atoms with Crippen molar-refractivity contribution in [3.8, 4) is 22.8 Å². The minimum absolute atomic E-state index is 0.271. The van der Waals surface area contributed by atoms with Gasteiger partial charge in [-0.2, -0.15) is 0 Å². The molecule has 0 spiro atoms. The second-order valence-corrected chi connectivity index (χ2v) is 7.27. The second-order valence-electron chi connectivity index (χ2n) is 6.19. The number of terminal acetylenes is 1. The van der Waals surface area contributed by atoms with E-state index in [1.54, 1.807) is 6.07 Å². The maximum absolute atomic E-state index is 11.7. The number of benzene rings is 3. The Bertz CT molecular complexity index is 1080. The van der Waals surface area contributed by atoms with Crippen LogP contribution in [-0.4, -0.2) is 5.78 Å². The highest BCUT2D eigenvalue weighted by molar-refractivity contribution is 7.17. The van der Waals surface area contributed by atoms with Gasteiger partial charge in [-0.25, -0.2) is 0 Å². The first kappa shape index (κ1) is 17.8. The third kappa shape index (κ3) is 3.59. The number of carbonyl (C=O) groups is 1. The number of thiophene rings is 1. The molecule has 0 amide bonds. The summed E-state index contributed by atoms with van der Waals surface area (Å²) < 4.78 is 0. The highest BCUT2D eigenvalue weighted by Gasteiger charge is 2.13. The molecule has 0 bridgehead atoms. The minimum atomic E-state index is -0.271. The van der Waals surface area contributed by atoms with E-state index in [9.17, 15) is 4.79 Å². The molecular weight excluding hydrogens is 362 g/mol. The van der Waals surface area contributed by atoms with Crippen LogP contribution < -0.4 is 4.90 Å². The van der Waals surface area contributed by atoms with Crippen LogP contribution >= 0.6 is 11.3 Å². The Labute approximate surface area is 168 Å². The third-order valence-electron chi connectivity index (χ3n) is 4.40. The fourth-order valence-electron chi connectivity index (χ4n) is 3.06. The molecule has 1 aromatic heterocycles. The summed E-state index contributed by atoms with van der Waals surface area (Å²) >= 11 is 1.42. The highest BCUT2D eigenvalue weighted by Crippen LogP contribution is 2.36. The molecule has 3 heteroatoms. The van der Waals surface area contributed by atoms with Crippen molar-refractivity contribution in [1.29, 1.82) is 0 Å². The predicted octanol–water partition coefficient (Wildman–Crippen LogP) is 6.70. The molecule has 0 saturated heterocycles. The molecular formula is C25H17NOS. The van der Waals surface area contributed by atoms with E-state index in [-0.39, 0.29) is 5.78 Å². The quantitative estimate of drug-likeness (QED) is 0.218. The number of hydrogen-bond donors (Lipinski definition) is 0. The molecule has 4 rings (SSSR count). The van der Waals surface area contributed by atoms with Crippen molar-refractivity contribution in [2.75, 3.05) is 4.90 Å². The molecule has 0 fully saturated rings. The number of ketones is 1. The van der Waals surface area contributed by atoms with Gasteiger partial charge in [0.05, 0.1) is 4.88 Å². The van der Waals surface area contributed by atoms with E-state index in [0.717, 1.165) is 27.5 Å². The first-order valence-electron chi connectivity index (χ1n) is 8.88. The molecule has 134 valence electrons. The Morgan fingerprint density at radius 2 is 1.25 bits per heavy atom. The number of carbonyl (C=O) groups excluding carboxylic acids is 1. The van der Waals surface area contributed by atoms with Crippen LogP contribution in [0.4, 0.5) is 17.1 Å². The zero-order valence-electron chi connectivity index (χ0n) is 15.1. The smallest absolute Gasteiger partial charge is 0.245 e. The topological polar surface area (TPSA) is 20.3 Å². The van der Waals surface area contributed by atoms with Gasteiger partial charge in [-0.1, -0.05) is 48.5 Å². The van der Waals surface area contributed by atoms with Gasteiger partial charge in [0.15, 0.2) is 0 Å². The van der Waals surface area contributed by atoms with Crippen LogP contribution in [0.15, 0.2) is 97.1 Å². The van der Waals surface area contributed by atoms with E-state index >= 15 is 0 Å². The van der Waals surface area contributed by atoms with Crippen LogP contribution in [0.5, 0.6) is 0 Å². The van der Waals surface area contributed by atoms with Gasteiger partial charge in [-0.3, -0.25) is 4.79 Å². The lowest BCUT2D eigenvalue weighted by Gasteiger charge is -2.25. The molecule has 0 unspecified atom stereocenters. The Morgan fingerprint density at radius 1 is 0.714 bits per heavy atom. The van der Waals surface area contributed by atoms with Crippen molar-refractivity contribution >= 4 is 34.2 Å². The summed E-state index contributed by atoms with van der Waals surface area (Å²) in [5.41, 5.74) is 4.32. The van der Waals surface area contributed by atoms with Crippen molar-refractivity contribution in [1.82, 2.24) is 0 Å². The Balaban J connectivity index is 1.70. The number of para-hydroxylation sites is 2. The van der Waals surface area contributed by atoms with E-state index in [2.05, 4.69) is 59.4 Å². The predicted molar refractivity (Wildman–Crippen MR) is 118 cm³/mol. The lowest BCUT2D eigenvalue weighted by molar-refractivity contribution is 0.106. The average Bonchev–Trinajstić information content (AvgIpc) is 3.26. The SMILES string of the molecule is C#CC(=O)c1ccc(-c2ccc(N(c3ccccc3)c3ccccc3)cc2)s1. The third-order valence-corrected chi connectivity index (χ3v) is 5.53. The highest BCUT2D eigenvalue weighted by atomic mass is 32.1. The molecule has 0 aliphatic carbocycles. The summed E-state index contributed by atoms with van der Waals surface area (Å²) in [6.45, 7) is 0. The van der Waals surface area contributed by atoms with E-state index in [1.165, 1.54) is 11.3 Å². The van der Waals surface area contributed by atoms with E-state index < -0.39 is 0 Å². The van der Waals surface area contributed by atoms with Crippen molar-refractivity contribution in [3.63, 3.8) is 0 Å². The molecule has 3 aromatic carbocycles. The molecule has 2 nitrogen and oxygen atoms in total. The Morgan fingerprint density at radius 3 is 1.79 bits per heavy atom. The van der Waals surface area contributed by atoms with Crippen LogP contribution in [0, 0.1) is 12.3 Å². The summed E-state index contributed by atoms with van der Waals surface area (Å²) in [7, 11) is 0. The summed E-state index contributed by atoms with van der Waals surface area (Å²) in [4.78, 5) is 15.5. The second kappa shape index (κ2) is 7.96. The van der Waals surface area contributed by atoms with Gasteiger partial charge in [-0.05, 0) is 60.0 Å². The Hall–Kier alpha value is -3.61. The lowest BCUT2D eigenvalue weighted by atomic mass is 10.1. The molecule has 4 aromatic rings. The molecule has 0 saturated carbocycles. The van der Waals surface area contributed by atoms with Crippen LogP contribution in [0.2, 0.25) is 0 Å². The van der Waals surface area contributed by atoms with Gasteiger partial charge in [0, 0.05) is 21.9 Å². The zero-order chi connectivity index (χ0) is 19.3. The Kier molecular flexibility index (Phi) is 5.05. The maximum atomic E-state index is 11.7. The van der Waals surface area contributed by atoms with Crippen LogP contribution in [0.25, 0.3) is 10.4 Å². The average molecular weight is 379 g/mol. The molecule has 0 N–H and O–H groups in total. The van der Waals surface area contributed by atoms with Crippen molar-refractivity contribution in [3.05, 3.63) is 102 Å². The van der Waals surface area contributed by atoms with Gasteiger partial charge < -0.3 is 4.90 Å². The normalized spacial score (nSPS) is 10.2. The summed E-state index contributed by atoms with van der Waals surface area (Å²) in [6.07, 6.45) is 5.22. The number of hydrogen-bond acceptors (Lipinski definition) is 3. The van der Waals surface area contributed by atoms with Crippen molar-refractivity contribution in [2.45, 2.75) is 0 Å². The van der Waals surface area contributed by atoms with Gasteiger partial charge >= 0.3 is 0 Å². The van der Waals surface area contributed by atoms with Gasteiger partial charge in [0.1, 0.15) is 0 Å². The molecule has 0 radical (unpaired) electrons. The first-order valence-corrected chi connectivity index (χ1v) is 9.69. The first-order chi connectivity index (χ1) is 13.8. The van der Waals surface area contributed by atoms with Crippen LogP contribution in [0.1, 0.15) is 9.67 Å². The number of nitrogens with zero attached hydrogens (tertiary/aromatic N) is 1. The van der Waals surface area contributed by atoms with Crippen molar-refractivity contribution < 1.29 is 4.79 Å². The standard InChI is InChI=1S/C25H17NOS/c1-2-23(27)25-18-17-24(28-25)19-13-15-22(16-14-19)26(20-9-5-3-6-10-20)21-11-7-4-8-12-21/h1,3-18H. The van der Waals surface area contributed by atoms with Gasteiger partial charge in [-0.15, -0.1) is 17.8 Å². The molecule has 28 heavy (non-hydrogen) atoms. The van der Waals surface area contributed by atoms with Crippen LogP contribution in [-0.2, 0) is 0 Å². The van der Waals surface area contributed by atoms with E-state index in [0.29, 0.717) is 4.88 Å². The van der Waals surface area contributed by atoms with E-state index in [4.69, 9.17) is 6.42 Å². The fourth-order valence-corrected chi connectivity index (χ4v) is 3.98. The fraction of sp³-hybridized carbons (Fsp3) is 0. The molecule has 1 heterocycles. The van der Waals surface area contributed by atoms with Crippen LogP contribution in [0.3, 0.4) is 0 Å². The summed E-state index contributed by atoms with van der Waals surface area (Å²) in [5.74, 6) is 1.90. The number of rotatable bonds is 5. The number of anilines is 3. The molecule has 0 aliphatic rings. The summed E-state index contributed by atoms with van der Waals surface area (Å²) in [5, 5.41) is 0. The largest absolute Gasteiger partial charge is 0.311 e. The van der Waals surface area contributed by atoms with Gasteiger partial charge in [0.25, 0.3) is 0 Å². The van der Waals surface area contributed by atoms with Crippen molar-refractivity contribution in [2.24, 2.45) is 0 Å². The molecule has 0 aliphatic heterocycles. The zero-order valence-corrected chi connectivity index (χ0v) is 15.9. The lowest BCUT2D eigenvalue weighted by Crippen LogP contribution is -2.09. The molecule has 0 atom stereocenters. The van der Waals surface area contributed by atoms with Gasteiger partial charge in [0.2, 0.25) is 5.78 Å². The summed E-state index contributed by atoms with van der Waals surface area (Å²) in [6, 6.07) is 32.6. The van der Waals surface area contributed by atoms with E-state index in [1.807, 2.05) is 42.5 Å². The minimum Gasteiger partial charge on any atom is -0.311 e. The monoisotopic (exact) mass is 379 g/mol.